The summed E-state index contributed by atoms with van der Waals surface area (Å²) in [7, 11) is 0. The van der Waals surface area contributed by atoms with Gasteiger partial charge in [0, 0.05) is 6.54 Å². The van der Waals surface area contributed by atoms with E-state index < -0.39 is 23.3 Å². The zero-order valence-corrected chi connectivity index (χ0v) is 8.38. The molecule has 0 saturated carbocycles. The van der Waals surface area contributed by atoms with E-state index in [4.69, 9.17) is 16.1 Å². The van der Waals surface area contributed by atoms with Crippen LogP contribution in [0.25, 0.3) is 0 Å². The number of nitrogens with zero attached hydrogens (tertiary/aromatic N) is 1. The highest BCUT2D eigenvalue weighted by Crippen LogP contribution is 2.34. The molecule has 3 N–H and O–H groups in total. The predicted octanol–water partition coefficient (Wildman–Crippen LogP) is 1.73. The van der Waals surface area contributed by atoms with Gasteiger partial charge in [-0.15, -0.1) is 0 Å². The number of hydrogen-bond donors (Lipinski definition) is 2. The molecule has 0 bridgehead atoms. The second-order valence-corrected chi connectivity index (χ2v) is 3.18. The van der Waals surface area contributed by atoms with E-state index in [2.05, 4.69) is 0 Å². The molecule has 1 aromatic carbocycles. The second-order valence-electron chi connectivity index (χ2n) is 3.18. The first-order chi connectivity index (χ1) is 7.81. The molecule has 0 fully saturated rings. The average molecular weight is 244 g/mol. The van der Waals surface area contributed by atoms with Crippen LogP contribution in [0.4, 0.5) is 13.2 Å². The number of nitriles is 1. The second kappa shape index (κ2) is 4.43. The van der Waals surface area contributed by atoms with E-state index >= 15 is 0 Å². The molecule has 0 amide bonds. The van der Waals surface area contributed by atoms with Crippen LogP contribution in [0.2, 0.25) is 0 Å². The van der Waals surface area contributed by atoms with Crippen molar-refractivity contribution in [1.82, 2.24) is 0 Å². The van der Waals surface area contributed by atoms with Gasteiger partial charge in [0.1, 0.15) is 0 Å². The molecule has 4 nitrogen and oxygen atoms in total. The van der Waals surface area contributed by atoms with Gasteiger partial charge in [-0.05, 0) is 17.7 Å². The van der Waals surface area contributed by atoms with Crippen LogP contribution in [-0.4, -0.2) is 11.1 Å². The quantitative estimate of drug-likeness (QED) is 0.829. The van der Waals surface area contributed by atoms with Gasteiger partial charge in [-0.1, -0.05) is 0 Å². The van der Waals surface area contributed by atoms with Crippen LogP contribution in [0.15, 0.2) is 12.1 Å². The van der Waals surface area contributed by atoms with Crippen molar-refractivity contribution in [3.63, 3.8) is 0 Å². The molecule has 90 valence electrons. The lowest BCUT2D eigenvalue weighted by atomic mass is 9.97. The summed E-state index contributed by atoms with van der Waals surface area (Å²) in [4.78, 5) is 10.8. The summed E-state index contributed by atoms with van der Waals surface area (Å²) < 4.78 is 37.9. The summed E-state index contributed by atoms with van der Waals surface area (Å²) in [6, 6.07) is 3.07. The van der Waals surface area contributed by atoms with Crippen LogP contribution in [0.5, 0.6) is 0 Å². The number of hydrogen-bond acceptors (Lipinski definition) is 3. The van der Waals surface area contributed by atoms with Gasteiger partial charge in [0.05, 0.1) is 22.8 Å². The van der Waals surface area contributed by atoms with Crippen molar-refractivity contribution >= 4 is 5.97 Å². The number of benzene rings is 1. The van der Waals surface area contributed by atoms with Crippen LogP contribution in [0.3, 0.4) is 0 Å². The summed E-state index contributed by atoms with van der Waals surface area (Å²) in [6.45, 7) is -0.389. The number of alkyl halides is 3. The van der Waals surface area contributed by atoms with Crippen molar-refractivity contribution in [1.29, 1.82) is 5.26 Å². The molecule has 1 aromatic rings. The van der Waals surface area contributed by atoms with Crippen molar-refractivity contribution < 1.29 is 23.1 Å². The van der Waals surface area contributed by atoms with E-state index in [1.54, 1.807) is 0 Å². The van der Waals surface area contributed by atoms with E-state index in [1.165, 1.54) is 6.07 Å². The summed E-state index contributed by atoms with van der Waals surface area (Å²) in [5.41, 5.74) is 2.43. The highest BCUT2D eigenvalue weighted by molar-refractivity contribution is 5.91. The van der Waals surface area contributed by atoms with E-state index in [0.717, 1.165) is 6.07 Å². The van der Waals surface area contributed by atoms with Crippen molar-refractivity contribution in [2.45, 2.75) is 12.7 Å². The summed E-state index contributed by atoms with van der Waals surface area (Å²) >= 11 is 0. The first-order valence-corrected chi connectivity index (χ1v) is 4.38. The minimum Gasteiger partial charge on any atom is -0.478 e. The Kier molecular flexibility index (Phi) is 3.39. The Morgan fingerprint density at radius 3 is 2.41 bits per heavy atom. The van der Waals surface area contributed by atoms with Crippen molar-refractivity contribution in [3.8, 4) is 6.07 Å². The first kappa shape index (κ1) is 13.0. The van der Waals surface area contributed by atoms with Gasteiger partial charge < -0.3 is 10.8 Å². The van der Waals surface area contributed by atoms with Gasteiger partial charge in [0.15, 0.2) is 0 Å². The third kappa shape index (κ3) is 2.54. The van der Waals surface area contributed by atoms with E-state index in [-0.39, 0.29) is 17.7 Å². The fourth-order valence-corrected chi connectivity index (χ4v) is 1.40. The van der Waals surface area contributed by atoms with Crippen LogP contribution in [0, 0.1) is 11.3 Å². The zero-order valence-electron chi connectivity index (χ0n) is 8.38. The molecule has 0 heterocycles. The number of aromatic carboxylic acids is 1. The maximum atomic E-state index is 12.6. The van der Waals surface area contributed by atoms with Crippen LogP contribution in [0.1, 0.15) is 27.0 Å². The molecular weight excluding hydrogens is 237 g/mol. The number of carboxylic acid groups (broad SMARTS) is 1. The van der Waals surface area contributed by atoms with Crippen LogP contribution in [-0.2, 0) is 12.7 Å². The highest BCUT2D eigenvalue weighted by Gasteiger charge is 2.37. The Bertz CT molecular complexity index is 503. The maximum absolute atomic E-state index is 12.6. The average Bonchev–Trinajstić information content (AvgIpc) is 2.25. The Hall–Kier alpha value is -2.07. The Morgan fingerprint density at radius 2 is 2.06 bits per heavy atom. The standard InChI is InChI=1S/C10H7F3N2O2/c11-10(12,13)7-2-5(3-14)1-6(4-15)8(7)9(16)17/h1-2H,4,15H2,(H,16,17). The molecule has 0 saturated heterocycles. The lowest BCUT2D eigenvalue weighted by Crippen LogP contribution is -2.17. The molecule has 1 rings (SSSR count). The molecule has 0 unspecified atom stereocenters. The SMILES string of the molecule is N#Cc1cc(CN)c(C(=O)O)c(C(F)(F)F)c1. The third-order valence-electron chi connectivity index (χ3n) is 2.09. The normalized spacial score (nSPS) is 11.0. The molecule has 7 heteroatoms. The minimum atomic E-state index is -4.84. The zero-order chi connectivity index (χ0) is 13.2. The van der Waals surface area contributed by atoms with Crippen molar-refractivity contribution in [2.24, 2.45) is 5.73 Å². The Balaban J connectivity index is 3.66. The summed E-state index contributed by atoms with van der Waals surface area (Å²) in [5, 5.41) is 17.3. The lowest BCUT2D eigenvalue weighted by Gasteiger charge is -2.13. The summed E-state index contributed by atoms with van der Waals surface area (Å²) in [6.07, 6.45) is -4.84. The molecule has 0 aromatic heterocycles. The lowest BCUT2D eigenvalue weighted by molar-refractivity contribution is -0.138. The monoisotopic (exact) mass is 244 g/mol. The van der Waals surface area contributed by atoms with Crippen LogP contribution >= 0.6 is 0 Å². The molecular formula is C10H7F3N2O2. The Labute approximate surface area is 94.1 Å². The molecule has 0 aliphatic carbocycles. The highest BCUT2D eigenvalue weighted by atomic mass is 19.4. The predicted molar refractivity (Wildman–Crippen MR) is 51.0 cm³/mol. The van der Waals surface area contributed by atoms with Gasteiger partial charge in [0.25, 0.3) is 0 Å². The van der Waals surface area contributed by atoms with Gasteiger partial charge in [0.2, 0.25) is 0 Å². The fourth-order valence-electron chi connectivity index (χ4n) is 1.40. The topological polar surface area (TPSA) is 87.1 Å². The number of rotatable bonds is 2. The van der Waals surface area contributed by atoms with Crippen LogP contribution < -0.4 is 5.73 Å². The first-order valence-electron chi connectivity index (χ1n) is 4.38. The fraction of sp³-hybridized carbons (Fsp3) is 0.200. The summed E-state index contributed by atoms with van der Waals surface area (Å²) in [5.74, 6) is -1.72. The number of nitrogens with two attached hydrogens (primary N) is 1. The maximum Gasteiger partial charge on any atom is 0.417 e. The third-order valence-corrected chi connectivity index (χ3v) is 2.09. The molecule has 0 aliphatic rings. The van der Waals surface area contributed by atoms with E-state index in [0.29, 0.717) is 6.07 Å². The Morgan fingerprint density at radius 1 is 1.47 bits per heavy atom. The molecule has 0 atom stereocenters. The van der Waals surface area contributed by atoms with E-state index in [1.807, 2.05) is 0 Å². The van der Waals surface area contributed by atoms with Gasteiger partial charge in [-0.3, -0.25) is 0 Å². The molecule has 0 spiro atoms. The largest absolute Gasteiger partial charge is 0.478 e. The minimum absolute atomic E-state index is 0.219. The van der Waals surface area contributed by atoms with Crippen molar-refractivity contribution in [2.75, 3.05) is 0 Å². The van der Waals surface area contributed by atoms with Crippen molar-refractivity contribution in [3.05, 3.63) is 34.4 Å². The molecule has 0 radical (unpaired) electrons. The molecule has 0 aliphatic heterocycles. The molecule has 17 heavy (non-hydrogen) atoms. The van der Waals surface area contributed by atoms with E-state index in [9.17, 15) is 18.0 Å². The number of halogens is 3. The smallest absolute Gasteiger partial charge is 0.417 e. The number of carbonyl (C=O) groups is 1. The van der Waals surface area contributed by atoms with Gasteiger partial charge in [-0.25, -0.2) is 4.79 Å². The van der Waals surface area contributed by atoms with Gasteiger partial charge >= 0.3 is 12.1 Å². The number of carboxylic acids is 1. The van der Waals surface area contributed by atoms with Gasteiger partial charge in [-0.2, -0.15) is 18.4 Å².